The van der Waals surface area contributed by atoms with Crippen LogP contribution in [0.25, 0.3) is 0 Å². The largest absolute Gasteiger partial charge is 0.391 e. The van der Waals surface area contributed by atoms with Crippen molar-refractivity contribution in [2.75, 3.05) is 6.54 Å². The molecule has 1 aliphatic heterocycles. The maximum absolute atomic E-state index is 12.7. The molecule has 1 aliphatic carbocycles. The molecule has 0 bridgehead atoms. The van der Waals surface area contributed by atoms with E-state index in [0.29, 0.717) is 19.4 Å². The lowest BCUT2D eigenvalue weighted by Crippen LogP contribution is -2.50. The zero-order valence-electron chi connectivity index (χ0n) is 10.2. The highest BCUT2D eigenvalue weighted by Gasteiger charge is 2.42. The first kappa shape index (κ1) is 13.6. The average Bonchev–Trinajstić information content (AvgIpc) is 2.31. The number of hydrogen-bond acceptors (Lipinski definition) is 2. The molecule has 0 aromatic heterocycles. The second kappa shape index (κ2) is 5.47. The highest BCUT2D eigenvalue weighted by molar-refractivity contribution is 5.76. The van der Waals surface area contributed by atoms with Crippen LogP contribution in [0.4, 0.5) is 13.2 Å². The van der Waals surface area contributed by atoms with E-state index < -0.39 is 12.1 Å². The quantitative estimate of drug-likeness (QED) is 0.800. The fraction of sp³-hybridized carbons (Fsp3) is 0.917. The van der Waals surface area contributed by atoms with Crippen molar-refractivity contribution in [3.63, 3.8) is 0 Å². The molecule has 6 heteroatoms. The van der Waals surface area contributed by atoms with Crippen molar-refractivity contribution in [2.24, 2.45) is 5.92 Å². The van der Waals surface area contributed by atoms with Crippen LogP contribution < -0.4 is 10.6 Å². The Kier molecular flexibility index (Phi) is 4.14. The number of carbonyl (C=O) groups is 1. The lowest BCUT2D eigenvalue weighted by molar-refractivity contribution is -0.183. The van der Waals surface area contributed by atoms with Gasteiger partial charge in [-0.1, -0.05) is 6.42 Å². The number of hydrogen-bond donors (Lipinski definition) is 2. The lowest BCUT2D eigenvalue weighted by atomic mass is 9.84. The number of halogens is 3. The number of nitrogens with one attached hydrogen (secondary N) is 2. The van der Waals surface area contributed by atoms with Crippen LogP contribution >= 0.6 is 0 Å². The predicted octanol–water partition coefficient (Wildman–Crippen LogP) is 1.98. The van der Waals surface area contributed by atoms with Crippen LogP contribution in [0, 0.1) is 5.92 Å². The molecule has 3 unspecified atom stereocenters. The molecular formula is C12H19F3N2O. The van der Waals surface area contributed by atoms with E-state index in [4.69, 9.17) is 0 Å². The monoisotopic (exact) mass is 264 g/mol. The van der Waals surface area contributed by atoms with E-state index in [-0.39, 0.29) is 30.8 Å². The van der Waals surface area contributed by atoms with Crippen molar-refractivity contribution in [3.05, 3.63) is 0 Å². The molecule has 1 heterocycles. The van der Waals surface area contributed by atoms with Crippen LogP contribution in [0.5, 0.6) is 0 Å². The van der Waals surface area contributed by atoms with Gasteiger partial charge in [-0.15, -0.1) is 0 Å². The Balaban J connectivity index is 1.81. The molecule has 18 heavy (non-hydrogen) atoms. The van der Waals surface area contributed by atoms with Gasteiger partial charge in [0.25, 0.3) is 0 Å². The summed E-state index contributed by atoms with van der Waals surface area (Å²) in [4.78, 5) is 11.0. The Morgan fingerprint density at radius 1 is 1.17 bits per heavy atom. The molecule has 2 fully saturated rings. The highest BCUT2D eigenvalue weighted by atomic mass is 19.4. The van der Waals surface area contributed by atoms with Crippen LogP contribution in [0.15, 0.2) is 0 Å². The van der Waals surface area contributed by atoms with E-state index in [9.17, 15) is 18.0 Å². The minimum Gasteiger partial charge on any atom is -0.355 e. The molecule has 0 aromatic rings. The number of rotatable bonds is 2. The molecule has 104 valence electrons. The summed E-state index contributed by atoms with van der Waals surface area (Å²) in [5, 5.41) is 6.01. The summed E-state index contributed by atoms with van der Waals surface area (Å²) in [5.74, 6) is -1.13. The highest BCUT2D eigenvalue weighted by Crippen LogP contribution is 2.37. The molecule has 1 saturated carbocycles. The van der Waals surface area contributed by atoms with Gasteiger partial charge in [-0.25, -0.2) is 0 Å². The van der Waals surface area contributed by atoms with Gasteiger partial charge >= 0.3 is 6.18 Å². The van der Waals surface area contributed by atoms with Crippen LogP contribution in [0.3, 0.4) is 0 Å². The summed E-state index contributed by atoms with van der Waals surface area (Å²) >= 11 is 0. The van der Waals surface area contributed by atoms with Gasteiger partial charge in [0.1, 0.15) is 0 Å². The zero-order valence-corrected chi connectivity index (χ0v) is 10.2. The minimum absolute atomic E-state index is 0.0323. The van der Waals surface area contributed by atoms with Crippen molar-refractivity contribution in [2.45, 2.75) is 56.8 Å². The van der Waals surface area contributed by atoms with E-state index in [1.54, 1.807) is 0 Å². The van der Waals surface area contributed by atoms with Gasteiger partial charge in [0, 0.05) is 25.0 Å². The van der Waals surface area contributed by atoms with Crippen LogP contribution in [-0.4, -0.2) is 30.7 Å². The van der Waals surface area contributed by atoms with E-state index in [1.165, 1.54) is 0 Å². The van der Waals surface area contributed by atoms with E-state index in [1.807, 2.05) is 0 Å². The second-order valence-electron chi connectivity index (χ2n) is 5.31. The summed E-state index contributed by atoms with van der Waals surface area (Å²) in [6, 6.07) is 0.0602. The molecule has 0 aromatic carbocycles. The van der Waals surface area contributed by atoms with Gasteiger partial charge < -0.3 is 10.6 Å². The maximum atomic E-state index is 12.7. The van der Waals surface area contributed by atoms with Gasteiger partial charge in [-0.2, -0.15) is 13.2 Å². The smallest absolute Gasteiger partial charge is 0.355 e. The number of alkyl halides is 3. The van der Waals surface area contributed by atoms with Gasteiger partial charge in [-0.05, 0) is 25.7 Å². The van der Waals surface area contributed by atoms with Crippen molar-refractivity contribution in [3.8, 4) is 0 Å². The average molecular weight is 264 g/mol. The van der Waals surface area contributed by atoms with Crippen molar-refractivity contribution >= 4 is 5.91 Å². The Morgan fingerprint density at radius 2 is 1.94 bits per heavy atom. The fourth-order valence-corrected chi connectivity index (χ4v) is 2.85. The fourth-order valence-electron chi connectivity index (χ4n) is 2.85. The van der Waals surface area contributed by atoms with E-state index in [0.717, 1.165) is 12.8 Å². The van der Waals surface area contributed by atoms with Gasteiger partial charge in [0.05, 0.1) is 5.92 Å². The standard InChI is InChI=1S/C12H19F3N2O/c13-12(14,15)8-2-1-3-9(6-8)17-10-4-5-11(18)16-7-10/h8-10,17H,1-7H2,(H,16,18). The van der Waals surface area contributed by atoms with E-state index in [2.05, 4.69) is 10.6 Å². The first-order chi connectivity index (χ1) is 8.45. The molecular weight excluding hydrogens is 245 g/mol. The third-order valence-electron chi connectivity index (χ3n) is 3.87. The number of piperidine rings is 1. The third-order valence-corrected chi connectivity index (χ3v) is 3.87. The molecule has 0 radical (unpaired) electrons. The van der Waals surface area contributed by atoms with Crippen LogP contribution in [0.1, 0.15) is 38.5 Å². The number of amides is 1. The van der Waals surface area contributed by atoms with Crippen molar-refractivity contribution in [1.82, 2.24) is 10.6 Å². The Bertz CT molecular complexity index is 296. The lowest BCUT2D eigenvalue weighted by Gasteiger charge is -2.34. The summed E-state index contributed by atoms with van der Waals surface area (Å²) in [5.41, 5.74) is 0. The Morgan fingerprint density at radius 3 is 2.56 bits per heavy atom. The molecule has 1 saturated heterocycles. The molecule has 1 amide bonds. The first-order valence-corrected chi connectivity index (χ1v) is 6.54. The number of carbonyl (C=O) groups excluding carboxylic acids is 1. The maximum Gasteiger partial charge on any atom is 0.391 e. The topological polar surface area (TPSA) is 41.1 Å². The van der Waals surface area contributed by atoms with Gasteiger partial charge in [-0.3, -0.25) is 4.79 Å². The summed E-state index contributed by atoms with van der Waals surface area (Å²) in [6.07, 6.45) is -1.03. The molecule has 2 N–H and O–H groups in total. The van der Waals surface area contributed by atoms with Crippen molar-refractivity contribution < 1.29 is 18.0 Å². The Hall–Kier alpha value is -0.780. The molecule has 2 rings (SSSR count). The molecule has 0 spiro atoms. The van der Waals surface area contributed by atoms with Crippen LogP contribution in [0.2, 0.25) is 0 Å². The molecule has 2 aliphatic rings. The Labute approximate surface area is 104 Å². The SMILES string of the molecule is O=C1CCC(NC2CCCC(C(F)(F)F)C2)CN1. The molecule has 3 atom stereocenters. The van der Waals surface area contributed by atoms with E-state index >= 15 is 0 Å². The van der Waals surface area contributed by atoms with Crippen molar-refractivity contribution in [1.29, 1.82) is 0 Å². The van der Waals surface area contributed by atoms with Gasteiger partial charge in [0.15, 0.2) is 0 Å². The summed E-state index contributed by atoms with van der Waals surface area (Å²) in [6.45, 7) is 0.534. The predicted molar refractivity (Wildman–Crippen MR) is 61.0 cm³/mol. The zero-order chi connectivity index (χ0) is 13.2. The minimum atomic E-state index is -4.07. The first-order valence-electron chi connectivity index (χ1n) is 6.54. The van der Waals surface area contributed by atoms with Gasteiger partial charge in [0.2, 0.25) is 5.91 Å². The van der Waals surface area contributed by atoms with Crippen LogP contribution in [-0.2, 0) is 4.79 Å². The normalized spacial score (nSPS) is 34.2. The summed E-state index contributed by atoms with van der Waals surface area (Å²) < 4.78 is 38.0. The molecule has 3 nitrogen and oxygen atoms in total. The second-order valence-corrected chi connectivity index (χ2v) is 5.31. The third kappa shape index (κ3) is 3.60. The summed E-state index contributed by atoms with van der Waals surface area (Å²) in [7, 11) is 0.